The first-order valence-electron chi connectivity index (χ1n) is 6.96. The average molecular weight is 311 g/mol. The van der Waals surface area contributed by atoms with E-state index in [1.807, 2.05) is 32.0 Å². The van der Waals surface area contributed by atoms with Gasteiger partial charge in [0.25, 0.3) is 10.2 Å². The van der Waals surface area contributed by atoms with Crippen LogP contribution in [0.4, 0.5) is 5.69 Å². The van der Waals surface area contributed by atoms with Gasteiger partial charge in [0.2, 0.25) is 5.91 Å². The molecule has 6 nitrogen and oxygen atoms in total. The predicted octanol–water partition coefficient (Wildman–Crippen LogP) is 1.32. The average Bonchev–Trinajstić information content (AvgIpc) is 2.55. The van der Waals surface area contributed by atoms with Gasteiger partial charge >= 0.3 is 0 Å². The van der Waals surface area contributed by atoms with Crippen LogP contribution in [0.3, 0.4) is 0 Å². The molecule has 1 atom stereocenters. The van der Waals surface area contributed by atoms with E-state index in [0.29, 0.717) is 12.2 Å². The molecule has 116 valence electrons. The van der Waals surface area contributed by atoms with E-state index in [1.165, 1.54) is 4.31 Å². The van der Waals surface area contributed by atoms with E-state index in [4.69, 9.17) is 0 Å². The van der Waals surface area contributed by atoms with Gasteiger partial charge in [-0.05, 0) is 24.5 Å². The Hall–Kier alpha value is -1.44. The number of amides is 1. The van der Waals surface area contributed by atoms with Crippen molar-refractivity contribution in [3.8, 4) is 0 Å². The summed E-state index contributed by atoms with van der Waals surface area (Å²) in [7, 11) is -3.70. The highest BCUT2D eigenvalue weighted by atomic mass is 32.2. The van der Waals surface area contributed by atoms with Gasteiger partial charge in [0, 0.05) is 18.8 Å². The standard InChI is InChI=1S/C14H21N3O3S/c1-10(2)8-15-21(19,20)17-9-12-6-4-5-7-13(12)16-14(18)11(17)3/h4-7,10-11,15H,8-9H2,1-3H3,(H,16,18). The van der Waals surface area contributed by atoms with Crippen molar-refractivity contribution in [1.82, 2.24) is 9.03 Å². The zero-order valence-electron chi connectivity index (χ0n) is 12.5. The van der Waals surface area contributed by atoms with Crippen LogP contribution < -0.4 is 10.0 Å². The maximum atomic E-state index is 12.4. The van der Waals surface area contributed by atoms with Gasteiger partial charge in [-0.25, -0.2) is 4.72 Å². The maximum Gasteiger partial charge on any atom is 0.280 e. The van der Waals surface area contributed by atoms with Gasteiger partial charge < -0.3 is 5.32 Å². The van der Waals surface area contributed by atoms with Crippen LogP contribution in [0.5, 0.6) is 0 Å². The van der Waals surface area contributed by atoms with Crippen molar-refractivity contribution < 1.29 is 13.2 Å². The summed E-state index contributed by atoms with van der Waals surface area (Å²) in [5.41, 5.74) is 1.45. The Morgan fingerprint density at radius 3 is 2.71 bits per heavy atom. The third-order valence-electron chi connectivity index (χ3n) is 3.40. The lowest BCUT2D eigenvalue weighted by Crippen LogP contribution is -2.49. The van der Waals surface area contributed by atoms with Gasteiger partial charge in [0.1, 0.15) is 6.04 Å². The van der Waals surface area contributed by atoms with Gasteiger partial charge in [0.15, 0.2) is 0 Å². The third kappa shape index (κ3) is 3.61. The molecule has 0 aromatic heterocycles. The number of rotatable bonds is 4. The van der Waals surface area contributed by atoms with E-state index in [-0.39, 0.29) is 18.4 Å². The molecule has 1 aromatic rings. The topological polar surface area (TPSA) is 78.5 Å². The molecule has 1 aliphatic rings. The first-order valence-corrected chi connectivity index (χ1v) is 8.40. The van der Waals surface area contributed by atoms with Gasteiger partial charge in [-0.15, -0.1) is 0 Å². The van der Waals surface area contributed by atoms with Crippen molar-refractivity contribution in [2.75, 3.05) is 11.9 Å². The second kappa shape index (κ2) is 6.13. The highest BCUT2D eigenvalue weighted by Gasteiger charge is 2.34. The number of hydrogen-bond acceptors (Lipinski definition) is 3. The van der Waals surface area contributed by atoms with Crippen LogP contribution in [-0.4, -0.2) is 31.2 Å². The molecule has 21 heavy (non-hydrogen) atoms. The lowest BCUT2D eigenvalue weighted by molar-refractivity contribution is -0.119. The minimum atomic E-state index is -3.70. The van der Waals surface area contributed by atoms with Crippen molar-refractivity contribution in [3.05, 3.63) is 29.8 Å². The number of hydrogen-bond donors (Lipinski definition) is 2. The molecule has 0 aliphatic carbocycles. The fourth-order valence-corrected chi connectivity index (χ4v) is 3.63. The van der Waals surface area contributed by atoms with Crippen LogP contribution in [0.2, 0.25) is 0 Å². The highest BCUT2D eigenvalue weighted by Crippen LogP contribution is 2.24. The molecule has 0 fully saturated rings. The van der Waals surface area contributed by atoms with Crippen molar-refractivity contribution in [2.24, 2.45) is 5.92 Å². The summed E-state index contributed by atoms with van der Waals surface area (Å²) in [6.07, 6.45) is 0. The van der Waals surface area contributed by atoms with Crippen LogP contribution in [0.25, 0.3) is 0 Å². The Morgan fingerprint density at radius 1 is 1.38 bits per heavy atom. The zero-order chi connectivity index (χ0) is 15.6. The van der Waals surface area contributed by atoms with Crippen LogP contribution in [0, 0.1) is 5.92 Å². The summed E-state index contributed by atoms with van der Waals surface area (Å²) in [5, 5.41) is 2.77. The molecule has 1 aromatic carbocycles. The van der Waals surface area contributed by atoms with Crippen molar-refractivity contribution in [3.63, 3.8) is 0 Å². The summed E-state index contributed by atoms with van der Waals surface area (Å²) >= 11 is 0. The van der Waals surface area contributed by atoms with Crippen LogP contribution in [-0.2, 0) is 21.5 Å². The summed E-state index contributed by atoms with van der Waals surface area (Å²) in [6, 6.07) is 6.47. The number of para-hydroxylation sites is 1. The predicted molar refractivity (Wildman–Crippen MR) is 81.8 cm³/mol. The molecule has 0 bridgehead atoms. The molecular weight excluding hydrogens is 290 g/mol. The summed E-state index contributed by atoms with van der Waals surface area (Å²) in [4.78, 5) is 12.1. The highest BCUT2D eigenvalue weighted by molar-refractivity contribution is 7.87. The second-order valence-corrected chi connectivity index (χ2v) is 7.32. The summed E-state index contributed by atoms with van der Waals surface area (Å²) < 4.78 is 28.6. The molecule has 0 saturated heterocycles. The van der Waals surface area contributed by atoms with E-state index >= 15 is 0 Å². The van der Waals surface area contributed by atoms with Crippen molar-refractivity contribution in [1.29, 1.82) is 0 Å². The van der Waals surface area contributed by atoms with E-state index in [9.17, 15) is 13.2 Å². The SMILES string of the molecule is CC(C)CNS(=O)(=O)N1Cc2ccccc2NC(=O)C1C. The summed E-state index contributed by atoms with van der Waals surface area (Å²) in [5.74, 6) is -0.127. The Kier molecular flexibility index (Phi) is 4.65. The Bertz CT molecular complexity index is 628. The molecule has 0 radical (unpaired) electrons. The molecule has 7 heteroatoms. The minimum absolute atomic E-state index is 0.170. The quantitative estimate of drug-likeness (QED) is 0.880. The Morgan fingerprint density at radius 2 is 2.05 bits per heavy atom. The van der Waals surface area contributed by atoms with Crippen LogP contribution in [0.15, 0.2) is 24.3 Å². The largest absolute Gasteiger partial charge is 0.324 e. The molecule has 0 spiro atoms. The smallest absolute Gasteiger partial charge is 0.280 e. The number of carbonyl (C=O) groups excluding carboxylic acids is 1. The monoisotopic (exact) mass is 311 g/mol. The zero-order valence-corrected chi connectivity index (χ0v) is 13.3. The van der Waals surface area contributed by atoms with Crippen molar-refractivity contribution >= 4 is 21.8 Å². The van der Waals surface area contributed by atoms with Gasteiger partial charge in [-0.2, -0.15) is 12.7 Å². The van der Waals surface area contributed by atoms with Gasteiger partial charge in [-0.1, -0.05) is 32.0 Å². The molecule has 1 aliphatic heterocycles. The molecule has 1 unspecified atom stereocenters. The fourth-order valence-electron chi connectivity index (χ4n) is 2.10. The van der Waals surface area contributed by atoms with Gasteiger partial charge in [0.05, 0.1) is 0 Å². The third-order valence-corrected chi connectivity index (χ3v) is 4.99. The maximum absolute atomic E-state index is 12.4. The number of benzene rings is 1. The normalized spacial score (nSPS) is 20.0. The molecule has 2 rings (SSSR count). The molecule has 0 saturated carbocycles. The first-order chi connectivity index (χ1) is 9.81. The Balaban J connectivity index is 2.32. The van der Waals surface area contributed by atoms with E-state index < -0.39 is 16.3 Å². The Labute approximate surface area is 125 Å². The minimum Gasteiger partial charge on any atom is -0.324 e. The second-order valence-electron chi connectivity index (χ2n) is 5.61. The molecule has 2 N–H and O–H groups in total. The number of anilines is 1. The van der Waals surface area contributed by atoms with E-state index in [1.54, 1.807) is 13.0 Å². The van der Waals surface area contributed by atoms with E-state index in [2.05, 4.69) is 10.0 Å². The van der Waals surface area contributed by atoms with Crippen LogP contribution in [0.1, 0.15) is 26.3 Å². The number of nitrogens with zero attached hydrogens (tertiary/aromatic N) is 1. The molecule has 1 amide bonds. The van der Waals surface area contributed by atoms with Crippen LogP contribution >= 0.6 is 0 Å². The molecular formula is C14H21N3O3S. The fraction of sp³-hybridized carbons (Fsp3) is 0.500. The number of fused-ring (bicyclic) bond motifs is 1. The lowest BCUT2D eigenvalue weighted by atomic mass is 10.2. The number of carbonyl (C=O) groups is 1. The van der Waals surface area contributed by atoms with Gasteiger partial charge in [-0.3, -0.25) is 4.79 Å². The number of nitrogens with one attached hydrogen (secondary N) is 2. The first kappa shape index (κ1) is 15.9. The molecule has 1 heterocycles. The lowest BCUT2D eigenvalue weighted by Gasteiger charge is -2.25. The summed E-state index contributed by atoms with van der Waals surface area (Å²) in [6.45, 7) is 5.96. The van der Waals surface area contributed by atoms with Crippen molar-refractivity contribution in [2.45, 2.75) is 33.4 Å². The van der Waals surface area contributed by atoms with E-state index in [0.717, 1.165) is 5.56 Å².